The number of ether oxygens (including phenoxy) is 1. The van der Waals surface area contributed by atoms with Crippen LogP contribution in [0.4, 0.5) is 4.39 Å². The molecule has 0 amide bonds. The average Bonchev–Trinajstić information content (AvgIpc) is 2.67. The number of hydrogen-bond acceptors (Lipinski definition) is 8. The van der Waals surface area contributed by atoms with E-state index in [0.717, 1.165) is 0 Å². The van der Waals surface area contributed by atoms with Gasteiger partial charge in [-0.15, -0.1) is 0 Å². The van der Waals surface area contributed by atoms with E-state index in [1.807, 2.05) is 0 Å². The summed E-state index contributed by atoms with van der Waals surface area (Å²) in [6, 6.07) is 0. The predicted octanol–water partition coefficient (Wildman–Crippen LogP) is -2.95. The van der Waals surface area contributed by atoms with Gasteiger partial charge in [0.25, 0.3) is 11.4 Å². The first kappa shape index (κ1) is 17.4. The van der Waals surface area contributed by atoms with Gasteiger partial charge in [-0.05, 0) is 0 Å². The van der Waals surface area contributed by atoms with Crippen LogP contribution in [-0.4, -0.2) is 59.3 Å². The van der Waals surface area contributed by atoms with Crippen LogP contribution in [0.5, 0.6) is 0 Å². The molecule has 0 saturated carbocycles. The van der Waals surface area contributed by atoms with E-state index in [2.05, 4.69) is 9.26 Å². The monoisotopic (exact) mass is 373 g/mol. The molecule has 1 aromatic heterocycles. The van der Waals surface area contributed by atoms with Crippen LogP contribution >= 0.6 is 7.82 Å². The zero-order valence-corrected chi connectivity index (χ0v) is 12.6. The lowest BCUT2D eigenvalue weighted by atomic mass is 10.1. The molecule has 2 heterocycles. The van der Waals surface area contributed by atoms with Gasteiger partial charge >= 0.3 is 13.5 Å². The molecule has 4 atom stereocenters. The van der Waals surface area contributed by atoms with E-state index in [0.29, 0.717) is 6.20 Å². The van der Waals surface area contributed by atoms with Gasteiger partial charge in [0.15, 0.2) is 6.20 Å². The summed E-state index contributed by atoms with van der Waals surface area (Å²) in [5.74, 6) is -3.46. The summed E-state index contributed by atoms with van der Waals surface area (Å²) >= 11 is 0. The van der Waals surface area contributed by atoms with Crippen molar-refractivity contribution in [3.63, 3.8) is 0 Å². The maximum atomic E-state index is 14.6. The first-order valence-corrected chi connectivity index (χ1v) is 7.78. The molecule has 12 nitrogen and oxygen atoms in total. The van der Waals surface area contributed by atoms with Crippen LogP contribution in [0.25, 0.3) is 0 Å². The highest BCUT2D eigenvalue weighted by atomic mass is 31.2. The van der Waals surface area contributed by atoms with E-state index in [1.165, 1.54) is 0 Å². The lowest BCUT2D eigenvalue weighted by Crippen LogP contribution is -2.43. The fourth-order valence-electron chi connectivity index (χ4n) is 1.93. The maximum Gasteiger partial charge on any atom is 0.469 e. The van der Waals surface area contributed by atoms with Gasteiger partial charge < -0.3 is 29.8 Å². The first-order chi connectivity index (χ1) is 11.3. The van der Waals surface area contributed by atoms with Crippen LogP contribution in [-0.2, 0) is 20.4 Å². The van der Waals surface area contributed by atoms with Crippen LogP contribution in [0.2, 0.25) is 0 Å². The molecule has 24 heavy (non-hydrogen) atoms. The molecule has 14 heteroatoms. The Labute approximate surface area is 133 Å². The highest BCUT2D eigenvalue weighted by Gasteiger charge is 2.57. The first-order valence-electron chi connectivity index (χ1n) is 6.75. The Bertz CT molecular complexity index is 825. The van der Waals surface area contributed by atoms with Crippen molar-refractivity contribution < 1.29 is 44.7 Å². The van der Waals surface area contributed by atoms with Crippen molar-refractivity contribution in [3.05, 3.63) is 32.6 Å². The second-order valence-electron chi connectivity index (χ2n) is 4.82. The van der Waals surface area contributed by atoms with Crippen LogP contribution in [0.3, 0.4) is 0 Å². The lowest BCUT2D eigenvalue weighted by molar-refractivity contribution is -0.205. The quantitative estimate of drug-likeness (QED) is 0.291. The van der Waals surface area contributed by atoms with Crippen molar-refractivity contribution in [2.45, 2.75) is 30.9 Å². The lowest BCUT2D eigenvalue weighted by Gasteiger charge is -2.22. The van der Waals surface area contributed by atoms with Gasteiger partial charge in [-0.1, -0.05) is 0 Å². The molecule has 1 saturated heterocycles. The zero-order chi connectivity index (χ0) is 19.2. The number of nitrogens with zero attached hydrogens (tertiary/aromatic N) is 1. The van der Waals surface area contributed by atoms with Crippen LogP contribution in [0.1, 0.15) is 13.1 Å². The van der Waals surface area contributed by atoms with E-state index in [9.17, 15) is 28.8 Å². The molecule has 1 aliphatic rings. The van der Waals surface area contributed by atoms with Crippen LogP contribution < -0.4 is 11.2 Å². The van der Waals surface area contributed by atoms with E-state index >= 15 is 0 Å². The largest absolute Gasteiger partial charge is 0.469 e. The van der Waals surface area contributed by atoms with E-state index in [4.69, 9.17) is 16.3 Å². The zero-order valence-electron chi connectivity index (χ0n) is 12.7. The summed E-state index contributed by atoms with van der Waals surface area (Å²) in [6.07, 6.45) is -7.38. The third kappa shape index (κ3) is 3.63. The molecular weight excluding hydrogens is 358 g/mol. The molecule has 0 unspecified atom stereocenters. The smallest absolute Gasteiger partial charge is 0.391 e. The third-order valence-electron chi connectivity index (χ3n) is 3.12. The Kier molecular flexibility index (Phi) is 4.68. The van der Waals surface area contributed by atoms with E-state index < -0.39 is 62.1 Å². The SMILES string of the molecule is [2H][C@@]1(n2cc(CO)c(=O)[nH]c2=O)O[C@](F)(COP(=O)(O)O)[C@@H](O)[C@H]1O. The van der Waals surface area contributed by atoms with Crippen molar-refractivity contribution in [2.24, 2.45) is 0 Å². The van der Waals surface area contributed by atoms with E-state index in [-0.39, 0.29) is 4.57 Å². The van der Waals surface area contributed by atoms with Crippen molar-refractivity contribution in [2.75, 3.05) is 6.61 Å². The summed E-state index contributed by atoms with van der Waals surface area (Å²) in [5.41, 5.74) is -2.76. The maximum absolute atomic E-state index is 14.6. The number of halogens is 1. The summed E-state index contributed by atoms with van der Waals surface area (Å²) in [4.78, 5) is 42.1. The molecule has 0 spiro atoms. The summed E-state index contributed by atoms with van der Waals surface area (Å²) in [5, 5.41) is 28.7. The molecule has 6 N–H and O–H groups in total. The highest BCUT2D eigenvalue weighted by molar-refractivity contribution is 7.46. The predicted molar refractivity (Wildman–Crippen MR) is 71.2 cm³/mol. The van der Waals surface area contributed by atoms with Gasteiger partial charge in [-0.2, -0.15) is 0 Å². The van der Waals surface area contributed by atoms with E-state index in [1.54, 1.807) is 4.98 Å². The molecule has 1 fully saturated rings. The molecule has 1 aromatic rings. The van der Waals surface area contributed by atoms with Crippen molar-refractivity contribution in [3.8, 4) is 0 Å². The molecule has 0 aromatic carbocycles. The summed E-state index contributed by atoms with van der Waals surface area (Å²) in [6.45, 7) is -2.44. The standard InChI is InChI=1S/C10H14FN2O10P/c11-10(3-22-24(19,20)21)6(16)5(15)8(23-10)13-1-4(2-14)7(17)12-9(13)18/h1,5-6,8,14-16H,2-3H2,(H,12,17,18)(H2,19,20,21)/t5-,6+,8-,10-/m1/s1/i8D. The van der Waals surface area contributed by atoms with Gasteiger partial charge in [-0.25, -0.2) is 13.8 Å². The van der Waals surface area contributed by atoms with Gasteiger partial charge in [0.2, 0.25) is 0 Å². The molecule has 0 bridgehead atoms. The number of alkyl halides is 1. The highest BCUT2D eigenvalue weighted by Crippen LogP contribution is 2.43. The molecule has 1 aliphatic heterocycles. The Morgan fingerprint density at radius 2 is 2.12 bits per heavy atom. The fourth-order valence-corrected chi connectivity index (χ4v) is 2.28. The number of aromatic nitrogens is 2. The number of rotatable bonds is 5. The second-order valence-corrected chi connectivity index (χ2v) is 6.06. The minimum Gasteiger partial charge on any atom is -0.391 e. The topological polar surface area (TPSA) is 192 Å². The molecule has 0 aliphatic carbocycles. The Morgan fingerprint density at radius 1 is 1.50 bits per heavy atom. The number of phosphoric acid groups is 1. The van der Waals surface area contributed by atoms with Gasteiger partial charge in [0.1, 0.15) is 18.8 Å². The van der Waals surface area contributed by atoms with Crippen molar-refractivity contribution >= 4 is 7.82 Å². The Morgan fingerprint density at radius 3 is 2.67 bits per heavy atom. The number of phosphoric ester groups is 1. The number of aromatic amines is 1. The van der Waals surface area contributed by atoms with Gasteiger partial charge in [0.05, 0.1) is 13.5 Å². The van der Waals surface area contributed by atoms with Crippen molar-refractivity contribution in [1.29, 1.82) is 0 Å². The number of nitrogens with one attached hydrogen (secondary N) is 1. The number of aliphatic hydroxyl groups excluding tert-OH is 3. The average molecular weight is 373 g/mol. The minimum atomic E-state index is -5.17. The normalized spacial score (nSPS) is 34.3. The molecule has 0 radical (unpaired) electrons. The third-order valence-corrected chi connectivity index (χ3v) is 3.59. The Balaban J connectivity index is 2.47. The molecular formula is C10H14FN2O10P. The minimum absolute atomic E-state index is 0.201. The second kappa shape index (κ2) is 6.46. The van der Waals surface area contributed by atoms with Crippen LogP contribution in [0, 0.1) is 0 Å². The van der Waals surface area contributed by atoms with Gasteiger partial charge in [0, 0.05) is 6.20 Å². The number of H-pyrrole nitrogens is 1. The number of aliphatic hydroxyl groups is 3. The number of hydrogen-bond donors (Lipinski definition) is 6. The van der Waals surface area contributed by atoms with Gasteiger partial charge in [-0.3, -0.25) is 18.9 Å². The van der Waals surface area contributed by atoms with Crippen LogP contribution in [0.15, 0.2) is 15.8 Å². The summed E-state index contributed by atoms with van der Waals surface area (Å²) in [7, 11) is -5.17. The summed E-state index contributed by atoms with van der Waals surface area (Å²) < 4.78 is 41.9. The van der Waals surface area contributed by atoms with Crippen molar-refractivity contribution in [1.82, 2.24) is 9.55 Å². The molecule has 136 valence electrons. The fraction of sp³-hybridized carbons (Fsp3) is 0.600. The Hall–Kier alpha value is -1.44. The molecule has 2 rings (SSSR count).